The van der Waals surface area contributed by atoms with E-state index in [4.69, 9.17) is 4.74 Å². The highest BCUT2D eigenvalue weighted by atomic mass is 32.1. The van der Waals surface area contributed by atoms with E-state index in [1.807, 2.05) is 20.8 Å². The Bertz CT molecular complexity index is 313. The Labute approximate surface area is 88.1 Å². The number of nitrogens with zero attached hydrogens (tertiary/aromatic N) is 1. The van der Waals surface area contributed by atoms with Crippen molar-refractivity contribution in [1.82, 2.24) is 4.98 Å². The second kappa shape index (κ2) is 4.55. The highest BCUT2D eigenvalue weighted by molar-refractivity contribution is 7.11. The van der Waals surface area contributed by atoms with Crippen LogP contribution in [0.2, 0.25) is 0 Å². The van der Waals surface area contributed by atoms with Crippen molar-refractivity contribution in [3.63, 3.8) is 0 Å². The maximum Gasteiger partial charge on any atom is 0.315 e. The normalized spacial score (nSPS) is 12.6. The molecular formula is C10H15NO2S. The van der Waals surface area contributed by atoms with Crippen LogP contribution in [0.5, 0.6) is 0 Å². The lowest BCUT2D eigenvalue weighted by Crippen LogP contribution is -2.13. The molecule has 0 saturated heterocycles. The monoisotopic (exact) mass is 213 g/mol. The van der Waals surface area contributed by atoms with Crippen molar-refractivity contribution in [3.05, 3.63) is 15.6 Å². The summed E-state index contributed by atoms with van der Waals surface area (Å²) >= 11 is 1.58. The van der Waals surface area contributed by atoms with Gasteiger partial charge in [-0.15, -0.1) is 11.3 Å². The van der Waals surface area contributed by atoms with E-state index in [0.717, 1.165) is 17.1 Å². The highest BCUT2D eigenvalue weighted by Gasteiger charge is 2.23. The first-order valence-corrected chi connectivity index (χ1v) is 5.43. The zero-order valence-corrected chi connectivity index (χ0v) is 9.77. The van der Waals surface area contributed by atoms with Gasteiger partial charge in [-0.25, -0.2) is 4.98 Å². The van der Waals surface area contributed by atoms with Gasteiger partial charge in [0.05, 0.1) is 12.8 Å². The van der Waals surface area contributed by atoms with Gasteiger partial charge in [0.2, 0.25) is 0 Å². The maximum atomic E-state index is 11.4. The fraction of sp³-hybridized carbons (Fsp3) is 0.600. The van der Waals surface area contributed by atoms with E-state index in [2.05, 4.69) is 4.98 Å². The summed E-state index contributed by atoms with van der Waals surface area (Å²) in [7, 11) is 1.41. The third-order valence-corrected chi connectivity index (χ3v) is 3.42. The van der Waals surface area contributed by atoms with Crippen LogP contribution in [-0.4, -0.2) is 18.1 Å². The Morgan fingerprint density at radius 1 is 1.57 bits per heavy atom. The van der Waals surface area contributed by atoms with Crippen LogP contribution in [0.25, 0.3) is 0 Å². The molecule has 0 spiro atoms. The zero-order chi connectivity index (χ0) is 10.7. The number of hydrogen-bond acceptors (Lipinski definition) is 4. The van der Waals surface area contributed by atoms with Crippen molar-refractivity contribution in [2.45, 2.75) is 33.1 Å². The van der Waals surface area contributed by atoms with Gasteiger partial charge in [-0.3, -0.25) is 4.79 Å². The number of rotatable bonds is 3. The number of thiazole rings is 1. The minimum Gasteiger partial charge on any atom is -0.468 e. The van der Waals surface area contributed by atoms with E-state index in [9.17, 15) is 4.79 Å². The first kappa shape index (κ1) is 11.2. The number of hydrogen-bond donors (Lipinski definition) is 0. The quantitative estimate of drug-likeness (QED) is 0.724. The molecule has 0 aliphatic rings. The number of methoxy groups -OCH3 is 1. The summed E-state index contributed by atoms with van der Waals surface area (Å²) in [6, 6.07) is 0. The van der Waals surface area contributed by atoms with Crippen LogP contribution in [0.4, 0.5) is 0 Å². The molecule has 4 heteroatoms. The standard InChI is InChI=1S/C10H15NO2S/c1-5-8(10(12)13-4)9-11-6(2)7(3)14-9/h8H,5H2,1-4H3. The predicted molar refractivity (Wildman–Crippen MR) is 56.6 cm³/mol. The summed E-state index contributed by atoms with van der Waals surface area (Å²) in [6.45, 7) is 5.94. The largest absolute Gasteiger partial charge is 0.468 e. The lowest BCUT2D eigenvalue weighted by molar-refractivity contribution is -0.142. The summed E-state index contributed by atoms with van der Waals surface area (Å²) in [4.78, 5) is 16.9. The molecule has 0 bridgehead atoms. The van der Waals surface area contributed by atoms with E-state index in [1.165, 1.54) is 12.0 Å². The summed E-state index contributed by atoms with van der Waals surface area (Å²) in [6.07, 6.45) is 0.735. The average molecular weight is 213 g/mol. The topological polar surface area (TPSA) is 39.2 Å². The molecule has 1 aromatic heterocycles. The van der Waals surface area contributed by atoms with Crippen molar-refractivity contribution >= 4 is 17.3 Å². The summed E-state index contributed by atoms with van der Waals surface area (Å²) < 4.78 is 4.73. The van der Waals surface area contributed by atoms with Crippen LogP contribution in [0, 0.1) is 13.8 Å². The van der Waals surface area contributed by atoms with Gasteiger partial charge in [-0.1, -0.05) is 6.92 Å². The van der Waals surface area contributed by atoms with Crippen LogP contribution in [0.15, 0.2) is 0 Å². The molecule has 1 atom stereocenters. The Morgan fingerprint density at radius 2 is 2.21 bits per heavy atom. The van der Waals surface area contributed by atoms with Gasteiger partial charge in [0.15, 0.2) is 0 Å². The SMILES string of the molecule is CCC(C(=O)OC)c1nc(C)c(C)s1. The fourth-order valence-corrected chi connectivity index (χ4v) is 2.33. The third-order valence-electron chi connectivity index (χ3n) is 2.24. The minimum atomic E-state index is -0.197. The summed E-state index contributed by atoms with van der Waals surface area (Å²) in [5.74, 6) is -0.390. The lowest BCUT2D eigenvalue weighted by atomic mass is 10.1. The minimum absolute atomic E-state index is 0.193. The van der Waals surface area contributed by atoms with E-state index in [1.54, 1.807) is 11.3 Å². The second-order valence-corrected chi connectivity index (χ2v) is 4.41. The summed E-state index contributed by atoms with van der Waals surface area (Å²) in [5.41, 5.74) is 1.01. The smallest absolute Gasteiger partial charge is 0.315 e. The van der Waals surface area contributed by atoms with Gasteiger partial charge in [0.1, 0.15) is 10.9 Å². The van der Waals surface area contributed by atoms with Crippen molar-refractivity contribution in [1.29, 1.82) is 0 Å². The van der Waals surface area contributed by atoms with Gasteiger partial charge < -0.3 is 4.74 Å². The van der Waals surface area contributed by atoms with Crippen LogP contribution in [0.3, 0.4) is 0 Å². The average Bonchev–Trinajstić information content (AvgIpc) is 2.48. The molecule has 1 heterocycles. The van der Waals surface area contributed by atoms with Crippen LogP contribution < -0.4 is 0 Å². The molecule has 14 heavy (non-hydrogen) atoms. The Morgan fingerprint density at radius 3 is 2.57 bits per heavy atom. The van der Waals surface area contributed by atoms with Crippen LogP contribution in [-0.2, 0) is 9.53 Å². The first-order valence-electron chi connectivity index (χ1n) is 4.61. The van der Waals surface area contributed by atoms with E-state index >= 15 is 0 Å². The molecule has 78 valence electrons. The summed E-state index contributed by atoms with van der Waals surface area (Å²) in [5, 5.41) is 0.870. The van der Waals surface area contributed by atoms with Crippen molar-refractivity contribution in [2.24, 2.45) is 0 Å². The van der Waals surface area contributed by atoms with E-state index in [-0.39, 0.29) is 11.9 Å². The van der Waals surface area contributed by atoms with E-state index in [0.29, 0.717) is 0 Å². The molecular weight excluding hydrogens is 198 g/mol. The van der Waals surface area contributed by atoms with Crippen molar-refractivity contribution < 1.29 is 9.53 Å². The molecule has 0 aliphatic carbocycles. The fourth-order valence-electron chi connectivity index (χ4n) is 1.23. The lowest BCUT2D eigenvalue weighted by Gasteiger charge is -2.08. The van der Waals surface area contributed by atoms with Crippen molar-refractivity contribution in [2.75, 3.05) is 7.11 Å². The highest BCUT2D eigenvalue weighted by Crippen LogP contribution is 2.27. The molecule has 0 N–H and O–H groups in total. The molecule has 0 aliphatic heterocycles. The Balaban J connectivity index is 2.95. The molecule has 0 fully saturated rings. The van der Waals surface area contributed by atoms with Gasteiger partial charge in [-0.05, 0) is 20.3 Å². The van der Waals surface area contributed by atoms with Crippen molar-refractivity contribution in [3.8, 4) is 0 Å². The number of esters is 1. The zero-order valence-electron chi connectivity index (χ0n) is 8.96. The number of carbonyl (C=O) groups is 1. The molecule has 0 radical (unpaired) electrons. The number of carbonyl (C=O) groups excluding carboxylic acids is 1. The molecule has 0 saturated carbocycles. The molecule has 1 rings (SSSR count). The van der Waals surface area contributed by atoms with Crippen LogP contribution >= 0.6 is 11.3 Å². The maximum absolute atomic E-state index is 11.4. The molecule has 0 aromatic carbocycles. The van der Waals surface area contributed by atoms with Crippen LogP contribution in [0.1, 0.15) is 34.8 Å². The third kappa shape index (κ3) is 2.12. The number of aromatic nitrogens is 1. The van der Waals surface area contributed by atoms with Gasteiger partial charge in [-0.2, -0.15) is 0 Å². The Hall–Kier alpha value is -0.900. The van der Waals surface area contributed by atoms with E-state index < -0.39 is 0 Å². The molecule has 3 nitrogen and oxygen atoms in total. The van der Waals surface area contributed by atoms with Gasteiger partial charge in [0.25, 0.3) is 0 Å². The predicted octanol–water partition coefficient (Wildman–Crippen LogP) is 2.43. The molecule has 1 unspecified atom stereocenters. The Kier molecular flexibility index (Phi) is 3.63. The molecule has 0 amide bonds. The second-order valence-electron chi connectivity index (χ2n) is 3.18. The first-order chi connectivity index (χ1) is 6.60. The van der Waals surface area contributed by atoms with Gasteiger partial charge >= 0.3 is 5.97 Å². The number of aryl methyl sites for hydroxylation is 2. The number of ether oxygens (including phenoxy) is 1. The van der Waals surface area contributed by atoms with Gasteiger partial charge in [0, 0.05) is 4.88 Å². The molecule has 1 aromatic rings.